The number of Topliss-reactive ketones (excluding diaryl/α,β-unsaturated/α-hetero) is 1. The number of ketones is 1. The molecule has 0 amide bonds. The zero-order valence-electron chi connectivity index (χ0n) is 10.9. The Labute approximate surface area is 108 Å². The third-order valence-electron chi connectivity index (χ3n) is 3.13. The first kappa shape index (κ1) is 12.8. The quantitative estimate of drug-likeness (QED) is 0.813. The molecule has 0 bridgehead atoms. The zero-order chi connectivity index (χ0) is 13.0. The standard InChI is InChI=1S/C16H19NO/c1-3-17-12(2)11-16(18)15-10-6-8-13-7-4-5-9-14(13)15/h4-10,12,17H,3,11H2,1-2H3. The van der Waals surface area contributed by atoms with Crippen LogP contribution in [-0.4, -0.2) is 18.4 Å². The maximum atomic E-state index is 12.3. The average molecular weight is 241 g/mol. The Morgan fingerprint density at radius 3 is 2.67 bits per heavy atom. The van der Waals surface area contributed by atoms with Crippen molar-refractivity contribution in [2.24, 2.45) is 0 Å². The molecule has 2 aromatic rings. The molecular weight excluding hydrogens is 222 g/mol. The van der Waals surface area contributed by atoms with E-state index >= 15 is 0 Å². The maximum Gasteiger partial charge on any atom is 0.165 e. The molecule has 0 saturated heterocycles. The lowest BCUT2D eigenvalue weighted by Crippen LogP contribution is -2.28. The summed E-state index contributed by atoms with van der Waals surface area (Å²) in [5, 5.41) is 5.45. The molecule has 2 nitrogen and oxygen atoms in total. The monoisotopic (exact) mass is 241 g/mol. The van der Waals surface area contributed by atoms with E-state index in [4.69, 9.17) is 0 Å². The zero-order valence-corrected chi connectivity index (χ0v) is 10.9. The van der Waals surface area contributed by atoms with Gasteiger partial charge in [-0.15, -0.1) is 0 Å². The van der Waals surface area contributed by atoms with Gasteiger partial charge in [-0.3, -0.25) is 4.79 Å². The highest BCUT2D eigenvalue weighted by Gasteiger charge is 2.12. The van der Waals surface area contributed by atoms with Crippen molar-refractivity contribution in [3.8, 4) is 0 Å². The summed E-state index contributed by atoms with van der Waals surface area (Å²) < 4.78 is 0. The summed E-state index contributed by atoms with van der Waals surface area (Å²) in [6, 6.07) is 14.2. The highest BCUT2D eigenvalue weighted by molar-refractivity contribution is 6.08. The molecule has 0 radical (unpaired) electrons. The van der Waals surface area contributed by atoms with Gasteiger partial charge in [0, 0.05) is 18.0 Å². The fourth-order valence-corrected chi connectivity index (χ4v) is 2.28. The smallest absolute Gasteiger partial charge is 0.165 e. The molecule has 0 saturated carbocycles. The second kappa shape index (κ2) is 5.78. The molecule has 0 aliphatic rings. The Hall–Kier alpha value is -1.67. The topological polar surface area (TPSA) is 29.1 Å². The van der Waals surface area contributed by atoms with Gasteiger partial charge in [-0.25, -0.2) is 0 Å². The van der Waals surface area contributed by atoms with E-state index in [9.17, 15) is 4.79 Å². The molecule has 94 valence electrons. The molecular formula is C16H19NO. The van der Waals surface area contributed by atoms with E-state index in [0.717, 1.165) is 22.9 Å². The van der Waals surface area contributed by atoms with Gasteiger partial charge in [0.15, 0.2) is 5.78 Å². The van der Waals surface area contributed by atoms with Crippen molar-refractivity contribution in [1.82, 2.24) is 5.32 Å². The molecule has 0 aromatic heterocycles. The van der Waals surface area contributed by atoms with Crippen LogP contribution >= 0.6 is 0 Å². The number of carbonyl (C=O) groups excluding carboxylic acids is 1. The van der Waals surface area contributed by atoms with E-state index in [-0.39, 0.29) is 11.8 Å². The van der Waals surface area contributed by atoms with Crippen LogP contribution in [0.5, 0.6) is 0 Å². The van der Waals surface area contributed by atoms with Crippen molar-refractivity contribution in [3.63, 3.8) is 0 Å². The van der Waals surface area contributed by atoms with E-state index in [0.29, 0.717) is 6.42 Å². The molecule has 1 N–H and O–H groups in total. The number of hydrogen-bond acceptors (Lipinski definition) is 2. The molecule has 2 rings (SSSR count). The lowest BCUT2D eigenvalue weighted by Gasteiger charge is -2.12. The molecule has 1 unspecified atom stereocenters. The van der Waals surface area contributed by atoms with Crippen molar-refractivity contribution in [1.29, 1.82) is 0 Å². The molecule has 1 atom stereocenters. The summed E-state index contributed by atoms with van der Waals surface area (Å²) in [5.74, 6) is 0.209. The number of carbonyl (C=O) groups is 1. The van der Waals surface area contributed by atoms with Crippen molar-refractivity contribution in [3.05, 3.63) is 48.0 Å². The third-order valence-corrected chi connectivity index (χ3v) is 3.13. The van der Waals surface area contributed by atoms with Crippen molar-refractivity contribution >= 4 is 16.6 Å². The lowest BCUT2D eigenvalue weighted by atomic mass is 9.98. The Bertz CT molecular complexity index is 542. The number of benzene rings is 2. The van der Waals surface area contributed by atoms with E-state index in [2.05, 4.69) is 12.2 Å². The van der Waals surface area contributed by atoms with Gasteiger partial charge in [0.1, 0.15) is 0 Å². The fraction of sp³-hybridized carbons (Fsp3) is 0.312. The molecule has 0 fully saturated rings. The number of fused-ring (bicyclic) bond motifs is 1. The summed E-state index contributed by atoms with van der Waals surface area (Å²) in [7, 11) is 0. The summed E-state index contributed by atoms with van der Waals surface area (Å²) >= 11 is 0. The summed E-state index contributed by atoms with van der Waals surface area (Å²) in [6.07, 6.45) is 0.543. The first-order valence-corrected chi connectivity index (χ1v) is 6.46. The molecule has 2 aromatic carbocycles. The average Bonchev–Trinajstić information content (AvgIpc) is 2.38. The lowest BCUT2D eigenvalue weighted by molar-refractivity contribution is 0.0973. The predicted octanol–water partition coefficient (Wildman–Crippen LogP) is 3.41. The summed E-state index contributed by atoms with van der Waals surface area (Å²) in [6.45, 7) is 5.00. The minimum absolute atomic E-state index is 0.209. The Kier molecular flexibility index (Phi) is 4.11. The van der Waals surface area contributed by atoms with Crippen LogP contribution < -0.4 is 5.32 Å². The second-order valence-corrected chi connectivity index (χ2v) is 4.61. The van der Waals surface area contributed by atoms with Gasteiger partial charge in [-0.2, -0.15) is 0 Å². The molecule has 2 heteroatoms. The van der Waals surface area contributed by atoms with Gasteiger partial charge in [-0.05, 0) is 24.2 Å². The van der Waals surface area contributed by atoms with E-state index in [1.807, 2.05) is 49.4 Å². The highest BCUT2D eigenvalue weighted by atomic mass is 16.1. The first-order valence-electron chi connectivity index (χ1n) is 6.46. The van der Waals surface area contributed by atoms with Crippen molar-refractivity contribution in [2.75, 3.05) is 6.54 Å². The Morgan fingerprint density at radius 2 is 1.89 bits per heavy atom. The van der Waals surface area contributed by atoms with Crippen LogP contribution in [0.2, 0.25) is 0 Å². The summed E-state index contributed by atoms with van der Waals surface area (Å²) in [4.78, 5) is 12.3. The normalized spacial score (nSPS) is 12.6. The fourth-order valence-electron chi connectivity index (χ4n) is 2.28. The number of hydrogen-bond donors (Lipinski definition) is 1. The van der Waals surface area contributed by atoms with Crippen LogP contribution in [0.1, 0.15) is 30.6 Å². The SMILES string of the molecule is CCNC(C)CC(=O)c1cccc2ccccc12. The molecule has 0 spiro atoms. The van der Waals surface area contributed by atoms with Gasteiger partial charge in [0.2, 0.25) is 0 Å². The first-order chi connectivity index (χ1) is 8.72. The van der Waals surface area contributed by atoms with Gasteiger partial charge < -0.3 is 5.32 Å². The van der Waals surface area contributed by atoms with Crippen LogP contribution in [0.15, 0.2) is 42.5 Å². The van der Waals surface area contributed by atoms with Crippen LogP contribution in [0.25, 0.3) is 10.8 Å². The van der Waals surface area contributed by atoms with Gasteiger partial charge in [0.05, 0.1) is 0 Å². The minimum Gasteiger partial charge on any atom is -0.314 e. The highest BCUT2D eigenvalue weighted by Crippen LogP contribution is 2.20. The third kappa shape index (κ3) is 2.77. The van der Waals surface area contributed by atoms with Crippen LogP contribution in [0.4, 0.5) is 0 Å². The van der Waals surface area contributed by atoms with Crippen molar-refractivity contribution in [2.45, 2.75) is 26.3 Å². The van der Waals surface area contributed by atoms with Crippen LogP contribution in [0.3, 0.4) is 0 Å². The molecule has 0 aliphatic heterocycles. The maximum absolute atomic E-state index is 12.3. The Morgan fingerprint density at radius 1 is 1.17 bits per heavy atom. The summed E-state index contributed by atoms with van der Waals surface area (Å²) in [5.41, 5.74) is 0.831. The largest absolute Gasteiger partial charge is 0.314 e. The predicted molar refractivity (Wildman–Crippen MR) is 76.0 cm³/mol. The molecule has 0 heterocycles. The van der Waals surface area contributed by atoms with E-state index in [1.165, 1.54) is 0 Å². The Balaban J connectivity index is 2.28. The van der Waals surface area contributed by atoms with Crippen LogP contribution in [-0.2, 0) is 0 Å². The van der Waals surface area contributed by atoms with E-state index in [1.54, 1.807) is 0 Å². The number of nitrogens with one attached hydrogen (secondary N) is 1. The molecule has 0 aliphatic carbocycles. The molecule has 18 heavy (non-hydrogen) atoms. The second-order valence-electron chi connectivity index (χ2n) is 4.61. The van der Waals surface area contributed by atoms with Crippen molar-refractivity contribution < 1.29 is 4.79 Å². The van der Waals surface area contributed by atoms with E-state index < -0.39 is 0 Å². The van der Waals surface area contributed by atoms with Crippen LogP contribution in [0, 0.1) is 0 Å². The minimum atomic E-state index is 0.209. The van der Waals surface area contributed by atoms with Gasteiger partial charge in [-0.1, -0.05) is 49.4 Å². The van der Waals surface area contributed by atoms with Gasteiger partial charge >= 0.3 is 0 Å². The van der Waals surface area contributed by atoms with Gasteiger partial charge in [0.25, 0.3) is 0 Å². The number of rotatable bonds is 5.